The SMILES string of the molecule is CC12CCC3C(CC3(C)C3CCC(C4CC#CC(Cc5ccccc5)C(c5cccc6cocc56)CN=C(N)N4)C3)C(=CCO)CC3(CCC(CCC4(O)CCCC(O)C4)C3)C1O2. The number of furan rings is 1. The Balaban J connectivity index is 0.837. The molecule has 0 radical (unpaired) electrons. The van der Waals surface area contributed by atoms with Crippen LogP contribution >= 0.6 is 0 Å². The van der Waals surface area contributed by atoms with Crippen molar-refractivity contribution in [3.05, 3.63) is 83.8 Å². The second-order valence-electron chi connectivity index (χ2n) is 22.3. The van der Waals surface area contributed by atoms with E-state index in [0.29, 0.717) is 48.5 Å². The first-order chi connectivity index (χ1) is 30.5. The van der Waals surface area contributed by atoms with Gasteiger partial charge in [-0.3, -0.25) is 4.99 Å². The van der Waals surface area contributed by atoms with Crippen LogP contribution in [-0.4, -0.2) is 63.9 Å². The van der Waals surface area contributed by atoms with Crippen LogP contribution in [0.25, 0.3) is 10.8 Å². The number of aliphatic hydroxyl groups excluding tert-OH is 2. The maximum atomic E-state index is 11.4. The summed E-state index contributed by atoms with van der Waals surface area (Å²) >= 11 is 0. The third kappa shape index (κ3) is 8.55. The van der Waals surface area contributed by atoms with Crippen molar-refractivity contribution in [2.75, 3.05) is 13.2 Å². The molecule has 3 heterocycles. The molecule has 5 saturated carbocycles. The van der Waals surface area contributed by atoms with Gasteiger partial charge >= 0.3 is 0 Å². The molecule has 338 valence electrons. The number of hydrogen-bond donors (Lipinski definition) is 5. The van der Waals surface area contributed by atoms with Crippen molar-refractivity contribution in [2.24, 2.45) is 57.1 Å². The standard InChI is InChI=1S/C55H73N3O5/c1-52(32-45-40(21-26-59)30-54(50-53(2,63-50)23-20-48(45)52)24-18-37(29-54)19-25-55(61)22-8-13-43(60)31-55)42-17-16-39(28-42)49-15-7-11-38(27-36-9-4-3-5-10-36)46(33-57-51(56)58-49)44-14-6-12-41-34-62-35-47(41)44/h3-6,9-10,12,14,21,34-35,37-39,42-43,45-46,48-50,59-61H,8,13,15-20,22-33H2,1-2H3,(H3,56,57,58). The number of benzene rings is 2. The third-order valence-electron chi connectivity index (χ3n) is 18.4. The number of nitrogens with two attached hydrogens (primary N) is 1. The van der Waals surface area contributed by atoms with Crippen LogP contribution in [0.3, 0.4) is 0 Å². The van der Waals surface area contributed by atoms with E-state index in [1.807, 2.05) is 12.5 Å². The van der Waals surface area contributed by atoms with E-state index < -0.39 is 5.60 Å². The number of allylic oxidation sites excluding steroid dienone is 1. The summed E-state index contributed by atoms with van der Waals surface area (Å²) in [4.78, 5) is 5.07. The van der Waals surface area contributed by atoms with E-state index in [-0.39, 0.29) is 53.1 Å². The van der Waals surface area contributed by atoms with E-state index in [0.717, 1.165) is 75.0 Å². The molecule has 0 amide bonds. The highest BCUT2D eigenvalue weighted by Crippen LogP contribution is 2.69. The Morgan fingerprint density at radius 2 is 1.83 bits per heavy atom. The summed E-state index contributed by atoms with van der Waals surface area (Å²) < 4.78 is 12.5. The van der Waals surface area contributed by atoms with Crippen LogP contribution in [0.5, 0.6) is 0 Å². The van der Waals surface area contributed by atoms with Gasteiger partial charge in [0, 0.05) is 46.9 Å². The first-order valence-electron chi connectivity index (χ1n) is 24.9. The van der Waals surface area contributed by atoms with Gasteiger partial charge in [0.2, 0.25) is 0 Å². The number of hydrogen-bond acceptors (Lipinski definition) is 8. The number of nitrogens with one attached hydrogen (secondary N) is 1. The summed E-state index contributed by atoms with van der Waals surface area (Å²) in [6.07, 6.45) is 23.8. The molecule has 7 aliphatic rings. The molecule has 10 rings (SSSR count). The van der Waals surface area contributed by atoms with Crippen molar-refractivity contribution in [1.29, 1.82) is 0 Å². The van der Waals surface area contributed by atoms with E-state index in [1.165, 1.54) is 61.6 Å². The zero-order chi connectivity index (χ0) is 43.4. The molecule has 63 heavy (non-hydrogen) atoms. The Kier molecular flexibility index (Phi) is 11.9. The van der Waals surface area contributed by atoms with E-state index in [2.05, 4.69) is 85.6 Å². The lowest BCUT2D eigenvalue weighted by Gasteiger charge is -2.59. The third-order valence-corrected chi connectivity index (χ3v) is 18.4. The van der Waals surface area contributed by atoms with Crippen molar-refractivity contribution >= 4 is 16.7 Å². The van der Waals surface area contributed by atoms with Crippen molar-refractivity contribution in [1.82, 2.24) is 5.32 Å². The van der Waals surface area contributed by atoms with Crippen LogP contribution in [0.15, 0.2) is 82.1 Å². The molecule has 14 unspecified atom stereocenters. The molecule has 5 aliphatic carbocycles. The van der Waals surface area contributed by atoms with Gasteiger partial charge in [0.15, 0.2) is 5.96 Å². The van der Waals surface area contributed by atoms with E-state index in [4.69, 9.17) is 19.9 Å². The van der Waals surface area contributed by atoms with Gasteiger partial charge in [-0.05, 0) is 156 Å². The fourth-order valence-electron chi connectivity index (χ4n) is 15.0. The Bertz CT molecular complexity index is 2230. The minimum atomic E-state index is -0.717. The average Bonchev–Trinajstić information content (AvgIpc) is 3.72. The van der Waals surface area contributed by atoms with Gasteiger partial charge in [0.05, 0.1) is 49.1 Å². The molecule has 1 aromatic heterocycles. The zero-order valence-electron chi connectivity index (χ0n) is 37.9. The quantitative estimate of drug-likeness (QED) is 0.0822. The Labute approximate surface area is 375 Å². The van der Waals surface area contributed by atoms with Gasteiger partial charge in [-0.1, -0.05) is 73.0 Å². The molecule has 14 atom stereocenters. The van der Waals surface area contributed by atoms with Crippen LogP contribution in [0, 0.1) is 58.2 Å². The number of fused-ring (bicyclic) bond motifs is 4. The molecule has 1 saturated heterocycles. The van der Waals surface area contributed by atoms with E-state index in [1.54, 1.807) is 0 Å². The number of rotatable bonds is 9. The van der Waals surface area contributed by atoms with Crippen molar-refractivity contribution in [2.45, 2.75) is 165 Å². The molecule has 8 nitrogen and oxygen atoms in total. The molecule has 2 aliphatic heterocycles. The molecular formula is C55H73N3O5. The molecule has 2 aromatic carbocycles. The van der Waals surface area contributed by atoms with Gasteiger partial charge in [0.25, 0.3) is 0 Å². The Hall–Kier alpha value is -3.61. The Morgan fingerprint density at radius 1 is 0.952 bits per heavy atom. The van der Waals surface area contributed by atoms with Gasteiger partial charge in [-0.25, -0.2) is 0 Å². The average molecular weight is 856 g/mol. The molecule has 6 fully saturated rings. The smallest absolute Gasteiger partial charge is 0.188 e. The van der Waals surface area contributed by atoms with Crippen LogP contribution < -0.4 is 11.1 Å². The first kappa shape index (κ1) is 43.3. The summed E-state index contributed by atoms with van der Waals surface area (Å²) in [5.41, 5.74) is 10.4. The summed E-state index contributed by atoms with van der Waals surface area (Å²) in [6, 6.07) is 17.3. The highest BCUT2D eigenvalue weighted by Gasteiger charge is 2.67. The van der Waals surface area contributed by atoms with E-state index >= 15 is 0 Å². The summed E-state index contributed by atoms with van der Waals surface area (Å²) in [6.45, 7) is 5.64. The summed E-state index contributed by atoms with van der Waals surface area (Å²) in [5.74, 6) is 11.0. The highest BCUT2D eigenvalue weighted by atomic mass is 16.6. The fourth-order valence-corrected chi connectivity index (χ4v) is 15.0. The summed E-state index contributed by atoms with van der Waals surface area (Å²) in [5, 5.41) is 38.1. The fraction of sp³-hybridized carbons (Fsp3) is 0.655. The number of nitrogens with zero attached hydrogens (tertiary/aromatic N) is 1. The lowest BCUT2D eigenvalue weighted by Crippen LogP contribution is -2.51. The van der Waals surface area contributed by atoms with Crippen molar-refractivity contribution in [3.8, 4) is 11.8 Å². The topological polar surface area (TPSA) is 137 Å². The monoisotopic (exact) mass is 856 g/mol. The van der Waals surface area contributed by atoms with Gasteiger partial charge in [-0.2, -0.15) is 0 Å². The van der Waals surface area contributed by atoms with Crippen molar-refractivity contribution < 1.29 is 24.5 Å². The van der Waals surface area contributed by atoms with Crippen LogP contribution in [-0.2, 0) is 11.2 Å². The van der Waals surface area contributed by atoms with Gasteiger partial charge in [-0.15, -0.1) is 5.92 Å². The van der Waals surface area contributed by atoms with Gasteiger partial charge in [0.1, 0.15) is 0 Å². The number of guanidine groups is 1. The molecule has 6 N–H and O–H groups in total. The lowest BCUT2D eigenvalue weighted by atomic mass is 9.46. The van der Waals surface area contributed by atoms with Crippen LogP contribution in [0.2, 0.25) is 0 Å². The molecule has 3 aromatic rings. The first-order valence-corrected chi connectivity index (χ1v) is 24.9. The van der Waals surface area contributed by atoms with E-state index in [9.17, 15) is 15.3 Å². The van der Waals surface area contributed by atoms with Crippen LogP contribution in [0.1, 0.15) is 140 Å². The maximum absolute atomic E-state index is 11.4. The lowest BCUT2D eigenvalue weighted by molar-refractivity contribution is -0.0701. The Morgan fingerprint density at radius 3 is 2.67 bits per heavy atom. The predicted molar refractivity (Wildman–Crippen MR) is 250 cm³/mol. The second kappa shape index (κ2) is 17.3. The normalized spacial score (nSPS) is 42.1. The number of aliphatic imine (C=N–C) groups is 1. The maximum Gasteiger partial charge on any atom is 0.188 e. The number of ether oxygens (including phenoxy) is 1. The van der Waals surface area contributed by atoms with Crippen LogP contribution in [0.4, 0.5) is 0 Å². The van der Waals surface area contributed by atoms with Gasteiger partial charge < -0.3 is 35.5 Å². The highest BCUT2D eigenvalue weighted by molar-refractivity contribution is 5.85. The second-order valence-corrected chi connectivity index (χ2v) is 22.3. The number of aliphatic hydroxyl groups is 3. The van der Waals surface area contributed by atoms with Crippen molar-refractivity contribution in [3.63, 3.8) is 0 Å². The molecular weight excluding hydrogens is 783 g/mol. The summed E-state index contributed by atoms with van der Waals surface area (Å²) in [7, 11) is 0. The molecule has 8 heteroatoms. The minimum absolute atomic E-state index is 0.0652. The zero-order valence-corrected chi connectivity index (χ0v) is 37.9. The largest absolute Gasteiger partial charge is 0.471 e. The predicted octanol–water partition coefficient (Wildman–Crippen LogP) is 9.61. The molecule has 0 bridgehead atoms. The number of epoxide rings is 1. The molecule has 1 spiro atoms. The minimum Gasteiger partial charge on any atom is -0.471 e.